The largest absolute Gasteiger partial charge is 0.497 e. The first-order valence-corrected chi connectivity index (χ1v) is 8.41. The first-order valence-electron chi connectivity index (χ1n) is 8.41. The minimum atomic E-state index is -0.607. The van der Waals surface area contributed by atoms with Gasteiger partial charge in [0.1, 0.15) is 30.3 Å². The molecule has 3 rings (SSSR count). The minimum absolute atomic E-state index is 0.0550. The zero-order valence-electron chi connectivity index (χ0n) is 14.9. The van der Waals surface area contributed by atoms with E-state index in [9.17, 15) is 9.18 Å². The Balaban J connectivity index is 1.75. The highest BCUT2D eigenvalue weighted by Crippen LogP contribution is 2.31. The van der Waals surface area contributed by atoms with Crippen LogP contribution in [0.2, 0.25) is 0 Å². The third-order valence-corrected chi connectivity index (χ3v) is 4.01. The maximum atomic E-state index is 14.2. The van der Waals surface area contributed by atoms with Gasteiger partial charge in [-0.15, -0.1) is 0 Å². The van der Waals surface area contributed by atoms with Crippen molar-refractivity contribution in [3.63, 3.8) is 0 Å². The molecule has 0 aliphatic heterocycles. The highest BCUT2D eigenvalue weighted by molar-refractivity contribution is 5.83. The number of aldehydes is 1. The van der Waals surface area contributed by atoms with E-state index < -0.39 is 5.82 Å². The van der Waals surface area contributed by atoms with E-state index in [2.05, 4.69) is 0 Å². The lowest BCUT2D eigenvalue weighted by molar-refractivity contribution is 0.111. The first-order chi connectivity index (χ1) is 13.2. The van der Waals surface area contributed by atoms with E-state index in [4.69, 9.17) is 14.2 Å². The summed E-state index contributed by atoms with van der Waals surface area (Å²) in [6, 6.07) is 19.4. The second-order valence-corrected chi connectivity index (χ2v) is 5.82. The standard InChI is InChI=1S/C22H19FO4/c1-25-18-9-7-17(8-10-18)14-26-21-12-11-20(23)22(19(21)13-24)27-15-16-5-3-2-4-6-16/h2-13H,14-15H2,1H3. The van der Waals surface area contributed by atoms with Crippen LogP contribution < -0.4 is 14.2 Å². The molecule has 5 heteroatoms. The van der Waals surface area contributed by atoms with Crippen LogP contribution in [0.25, 0.3) is 0 Å². The Morgan fingerprint density at radius 1 is 0.852 bits per heavy atom. The van der Waals surface area contributed by atoms with Gasteiger partial charge in [-0.3, -0.25) is 4.79 Å². The topological polar surface area (TPSA) is 44.8 Å². The van der Waals surface area contributed by atoms with E-state index in [0.29, 0.717) is 6.29 Å². The lowest BCUT2D eigenvalue weighted by Crippen LogP contribution is -2.04. The van der Waals surface area contributed by atoms with Crippen LogP contribution >= 0.6 is 0 Å². The number of methoxy groups -OCH3 is 1. The van der Waals surface area contributed by atoms with Crippen molar-refractivity contribution in [3.8, 4) is 17.2 Å². The highest BCUT2D eigenvalue weighted by Gasteiger charge is 2.16. The average molecular weight is 366 g/mol. The van der Waals surface area contributed by atoms with E-state index in [1.54, 1.807) is 7.11 Å². The molecule has 0 aliphatic carbocycles. The van der Waals surface area contributed by atoms with Gasteiger partial charge in [0.25, 0.3) is 0 Å². The Bertz CT molecular complexity index is 892. The van der Waals surface area contributed by atoms with Crippen LogP contribution in [0.5, 0.6) is 17.2 Å². The van der Waals surface area contributed by atoms with Gasteiger partial charge in [-0.25, -0.2) is 4.39 Å². The summed E-state index contributed by atoms with van der Waals surface area (Å²) in [6.45, 7) is 0.384. The van der Waals surface area contributed by atoms with Crippen molar-refractivity contribution < 1.29 is 23.4 Å². The fraction of sp³-hybridized carbons (Fsp3) is 0.136. The fourth-order valence-corrected chi connectivity index (χ4v) is 2.55. The number of benzene rings is 3. The van der Waals surface area contributed by atoms with Gasteiger partial charge in [0.15, 0.2) is 17.9 Å². The monoisotopic (exact) mass is 366 g/mol. The lowest BCUT2D eigenvalue weighted by Gasteiger charge is -2.14. The van der Waals surface area contributed by atoms with Crippen LogP contribution in [-0.4, -0.2) is 13.4 Å². The van der Waals surface area contributed by atoms with Gasteiger partial charge in [-0.05, 0) is 35.4 Å². The summed E-state index contributed by atoms with van der Waals surface area (Å²) >= 11 is 0. The van der Waals surface area contributed by atoms with E-state index >= 15 is 0 Å². The molecule has 0 aromatic heterocycles. The van der Waals surface area contributed by atoms with Gasteiger partial charge < -0.3 is 14.2 Å². The van der Waals surface area contributed by atoms with Crippen LogP contribution in [-0.2, 0) is 13.2 Å². The minimum Gasteiger partial charge on any atom is -0.497 e. The quantitative estimate of drug-likeness (QED) is 0.537. The van der Waals surface area contributed by atoms with Gasteiger partial charge in [-0.2, -0.15) is 0 Å². The van der Waals surface area contributed by atoms with Crippen LogP contribution in [0.15, 0.2) is 66.7 Å². The number of hydrogen-bond donors (Lipinski definition) is 0. The van der Waals surface area contributed by atoms with Crippen LogP contribution in [0, 0.1) is 5.82 Å². The molecule has 0 radical (unpaired) electrons. The van der Waals surface area contributed by atoms with Crippen molar-refractivity contribution in [1.29, 1.82) is 0 Å². The smallest absolute Gasteiger partial charge is 0.169 e. The molecule has 0 saturated heterocycles. The Hall–Kier alpha value is -3.34. The van der Waals surface area contributed by atoms with Crippen molar-refractivity contribution in [3.05, 3.63) is 89.2 Å². The molecule has 0 saturated carbocycles. The third kappa shape index (κ3) is 4.64. The molecule has 0 heterocycles. The van der Waals surface area contributed by atoms with Gasteiger partial charge in [0.2, 0.25) is 0 Å². The molecular formula is C22H19FO4. The predicted molar refractivity (Wildman–Crippen MR) is 99.9 cm³/mol. The van der Waals surface area contributed by atoms with Crippen LogP contribution in [0.3, 0.4) is 0 Å². The molecule has 0 fully saturated rings. The predicted octanol–water partition coefficient (Wildman–Crippen LogP) is 4.80. The van der Waals surface area contributed by atoms with Crippen molar-refractivity contribution in [2.75, 3.05) is 7.11 Å². The van der Waals surface area contributed by atoms with E-state index in [0.717, 1.165) is 16.9 Å². The van der Waals surface area contributed by atoms with Crippen molar-refractivity contribution in [2.45, 2.75) is 13.2 Å². The summed E-state index contributed by atoms with van der Waals surface area (Å²) in [5.74, 6) is 0.293. The zero-order chi connectivity index (χ0) is 19.1. The number of carbonyl (C=O) groups is 1. The maximum Gasteiger partial charge on any atom is 0.169 e. The molecular weight excluding hydrogens is 347 g/mol. The molecule has 3 aromatic carbocycles. The van der Waals surface area contributed by atoms with E-state index in [1.807, 2.05) is 54.6 Å². The summed E-state index contributed by atoms with van der Waals surface area (Å²) in [5.41, 5.74) is 1.82. The molecule has 0 spiro atoms. The molecule has 0 atom stereocenters. The number of ether oxygens (including phenoxy) is 3. The number of rotatable bonds is 8. The zero-order valence-corrected chi connectivity index (χ0v) is 14.9. The third-order valence-electron chi connectivity index (χ3n) is 4.01. The summed E-state index contributed by atoms with van der Waals surface area (Å²) in [5, 5.41) is 0. The molecule has 27 heavy (non-hydrogen) atoms. The van der Waals surface area contributed by atoms with Gasteiger partial charge in [0.05, 0.1) is 7.11 Å². The molecule has 0 aliphatic rings. The summed E-state index contributed by atoms with van der Waals surface area (Å²) in [7, 11) is 1.59. The van der Waals surface area contributed by atoms with Crippen molar-refractivity contribution in [1.82, 2.24) is 0 Å². The van der Waals surface area contributed by atoms with Gasteiger partial charge in [0, 0.05) is 0 Å². The number of halogens is 1. The average Bonchev–Trinajstić information content (AvgIpc) is 2.72. The van der Waals surface area contributed by atoms with Crippen molar-refractivity contribution >= 4 is 6.29 Å². The molecule has 138 valence electrons. The van der Waals surface area contributed by atoms with Gasteiger partial charge in [-0.1, -0.05) is 42.5 Å². The molecule has 0 N–H and O–H groups in total. The van der Waals surface area contributed by atoms with Gasteiger partial charge >= 0.3 is 0 Å². The highest BCUT2D eigenvalue weighted by atomic mass is 19.1. The van der Waals surface area contributed by atoms with E-state index in [1.165, 1.54) is 12.1 Å². The lowest BCUT2D eigenvalue weighted by atomic mass is 10.1. The first kappa shape index (κ1) is 18.5. The molecule has 0 amide bonds. The van der Waals surface area contributed by atoms with Crippen LogP contribution in [0.4, 0.5) is 4.39 Å². The normalized spacial score (nSPS) is 10.3. The Labute approximate surface area is 157 Å². The second-order valence-electron chi connectivity index (χ2n) is 5.82. The molecule has 0 unspecified atom stereocenters. The molecule has 3 aromatic rings. The molecule has 0 bridgehead atoms. The Morgan fingerprint density at radius 3 is 2.19 bits per heavy atom. The van der Waals surface area contributed by atoms with Crippen molar-refractivity contribution in [2.24, 2.45) is 0 Å². The number of carbonyl (C=O) groups excluding carboxylic acids is 1. The maximum absolute atomic E-state index is 14.2. The summed E-state index contributed by atoms with van der Waals surface area (Å²) < 4.78 is 30.6. The SMILES string of the molecule is COc1ccc(COc2ccc(F)c(OCc3ccccc3)c2C=O)cc1. The molecule has 4 nitrogen and oxygen atoms in total. The Morgan fingerprint density at radius 2 is 1.52 bits per heavy atom. The van der Waals surface area contributed by atoms with E-state index in [-0.39, 0.29) is 30.3 Å². The Kier molecular flexibility index (Phi) is 6.05. The number of hydrogen-bond acceptors (Lipinski definition) is 4. The fourth-order valence-electron chi connectivity index (χ4n) is 2.55. The second kappa shape index (κ2) is 8.85. The van der Waals surface area contributed by atoms with Crippen LogP contribution in [0.1, 0.15) is 21.5 Å². The summed E-state index contributed by atoms with van der Waals surface area (Å²) in [4.78, 5) is 11.6. The summed E-state index contributed by atoms with van der Waals surface area (Å²) in [6.07, 6.45) is 0.548.